The number of rotatable bonds is 1. The molecule has 0 aliphatic carbocycles. The molecule has 112 valence electrons. The summed E-state index contributed by atoms with van der Waals surface area (Å²) in [5.74, 6) is 0.247. The van der Waals surface area contributed by atoms with Gasteiger partial charge >= 0.3 is 6.18 Å². The molecular formula is C17H11F3O2. The summed E-state index contributed by atoms with van der Waals surface area (Å²) in [7, 11) is 0. The predicted octanol–water partition coefficient (Wildman–Crippen LogP) is 4.79. The molecular weight excluding hydrogens is 293 g/mol. The highest BCUT2D eigenvalue weighted by atomic mass is 19.4. The van der Waals surface area contributed by atoms with Crippen LogP contribution in [0.4, 0.5) is 13.2 Å². The first-order valence-corrected chi connectivity index (χ1v) is 6.57. The van der Waals surface area contributed by atoms with Gasteiger partial charge < -0.3 is 4.42 Å². The molecule has 0 saturated heterocycles. The molecule has 0 fully saturated rings. The lowest BCUT2D eigenvalue weighted by molar-refractivity contribution is -0.137. The van der Waals surface area contributed by atoms with Crippen LogP contribution in [0.2, 0.25) is 0 Å². The van der Waals surface area contributed by atoms with Crippen LogP contribution in [0.1, 0.15) is 11.1 Å². The molecule has 2 aromatic carbocycles. The molecule has 1 heterocycles. The van der Waals surface area contributed by atoms with Crippen LogP contribution in [-0.2, 0) is 6.18 Å². The van der Waals surface area contributed by atoms with Gasteiger partial charge in [-0.2, -0.15) is 13.2 Å². The zero-order valence-electron chi connectivity index (χ0n) is 11.6. The third kappa shape index (κ3) is 2.62. The first-order chi connectivity index (χ1) is 10.3. The summed E-state index contributed by atoms with van der Waals surface area (Å²) in [5.41, 5.74) is 0.808. The van der Waals surface area contributed by atoms with Crippen molar-refractivity contribution >= 4 is 11.0 Å². The van der Waals surface area contributed by atoms with Crippen LogP contribution in [0.3, 0.4) is 0 Å². The van der Waals surface area contributed by atoms with Crippen molar-refractivity contribution in [2.45, 2.75) is 13.1 Å². The number of benzene rings is 2. The summed E-state index contributed by atoms with van der Waals surface area (Å²) in [6.07, 6.45) is -4.39. The Hall–Kier alpha value is -2.56. The molecule has 0 saturated carbocycles. The Balaban J connectivity index is 2.12. The minimum absolute atomic E-state index is 0.226. The van der Waals surface area contributed by atoms with Crippen LogP contribution in [-0.4, -0.2) is 0 Å². The molecule has 0 N–H and O–H groups in total. The number of alkyl halides is 3. The molecule has 0 unspecified atom stereocenters. The maximum Gasteiger partial charge on any atom is 0.416 e. The van der Waals surface area contributed by atoms with Gasteiger partial charge in [-0.3, -0.25) is 4.79 Å². The van der Waals surface area contributed by atoms with Crippen molar-refractivity contribution in [3.05, 3.63) is 69.9 Å². The third-order valence-corrected chi connectivity index (χ3v) is 3.38. The minimum Gasteiger partial charge on any atom is -0.456 e. The van der Waals surface area contributed by atoms with Crippen molar-refractivity contribution in [3.8, 4) is 11.3 Å². The third-order valence-electron chi connectivity index (χ3n) is 3.38. The first-order valence-electron chi connectivity index (χ1n) is 6.57. The van der Waals surface area contributed by atoms with E-state index in [0.29, 0.717) is 16.5 Å². The van der Waals surface area contributed by atoms with Crippen LogP contribution < -0.4 is 5.43 Å². The molecule has 22 heavy (non-hydrogen) atoms. The fraction of sp³-hybridized carbons (Fsp3) is 0.118. The molecule has 0 atom stereocenters. The van der Waals surface area contributed by atoms with E-state index in [9.17, 15) is 18.0 Å². The van der Waals surface area contributed by atoms with E-state index in [1.54, 1.807) is 18.2 Å². The average molecular weight is 304 g/mol. The number of halogens is 3. The van der Waals surface area contributed by atoms with E-state index in [-0.39, 0.29) is 11.2 Å². The second-order valence-electron chi connectivity index (χ2n) is 5.05. The Morgan fingerprint density at radius 1 is 0.955 bits per heavy atom. The number of hydrogen-bond acceptors (Lipinski definition) is 2. The monoisotopic (exact) mass is 304 g/mol. The van der Waals surface area contributed by atoms with Gasteiger partial charge in [0.15, 0.2) is 5.43 Å². The number of fused-ring (bicyclic) bond motifs is 1. The number of hydrogen-bond donors (Lipinski definition) is 0. The Morgan fingerprint density at radius 2 is 1.64 bits per heavy atom. The topological polar surface area (TPSA) is 30.2 Å². The Bertz CT molecular complexity index is 890. The lowest BCUT2D eigenvalue weighted by Gasteiger charge is -2.08. The molecule has 0 spiro atoms. The van der Waals surface area contributed by atoms with Crippen molar-refractivity contribution in [2.24, 2.45) is 0 Å². The average Bonchev–Trinajstić information content (AvgIpc) is 2.46. The molecule has 5 heteroatoms. The van der Waals surface area contributed by atoms with E-state index in [4.69, 9.17) is 4.42 Å². The summed E-state index contributed by atoms with van der Waals surface area (Å²) < 4.78 is 43.3. The van der Waals surface area contributed by atoms with Crippen molar-refractivity contribution in [3.63, 3.8) is 0 Å². The molecule has 0 aliphatic rings. The maximum atomic E-state index is 12.6. The van der Waals surface area contributed by atoms with Crippen molar-refractivity contribution in [1.82, 2.24) is 0 Å². The fourth-order valence-electron chi connectivity index (χ4n) is 2.23. The number of aryl methyl sites for hydroxylation is 1. The summed E-state index contributed by atoms with van der Waals surface area (Å²) in [4.78, 5) is 12.1. The van der Waals surface area contributed by atoms with Gasteiger partial charge in [-0.1, -0.05) is 18.2 Å². The van der Waals surface area contributed by atoms with Gasteiger partial charge in [0.25, 0.3) is 0 Å². The summed E-state index contributed by atoms with van der Waals surface area (Å²) >= 11 is 0. The molecule has 0 aliphatic heterocycles. The first kappa shape index (κ1) is 14.4. The van der Waals surface area contributed by atoms with Crippen LogP contribution in [0.15, 0.2) is 57.7 Å². The smallest absolute Gasteiger partial charge is 0.416 e. The molecule has 3 rings (SSSR count). The maximum absolute atomic E-state index is 12.6. The Kier molecular flexibility index (Phi) is 3.28. The van der Waals surface area contributed by atoms with E-state index in [1.165, 1.54) is 18.2 Å². The molecule has 0 radical (unpaired) electrons. The van der Waals surface area contributed by atoms with E-state index in [1.807, 2.05) is 6.92 Å². The fourth-order valence-corrected chi connectivity index (χ4v) is 2.23. The zero-order valence-corrected chi connectivity index (χ0v) is 11.6. The van der Waals surface area contributed by atoms with Crippen LogP contribution >= 0.6 is 0 Å². The minimum atomic E-state index is -4.39. The quantitative estimate of drug-likeness (QED) is 0.647. The van der Waals surface area contributed by atoms with Crippen molar-refractivity contribution in [1.29, 1.82) is 0 Å². The normalized spacial score (nSPS) is 11.8. The SMILES string of the molecule is Cc1ccc2c(=O)cc(-c3ccc(C(F)(F)F)cc3)oc2c1. The van der Waals surface area contributed by atoms with Crippen LogP contribution in [0, 0.1) is 6.92 Å². The second-order valence-corrected chi connectivity index (χ2v) is 5.05. The molecule has 2 nitrogen and oxygen atoms in total. The van der Waals surface area contributed by atoms with E-state index in [0.717, 1.165) is 17.7 Å². The van der Waals surface area contributed by atoms with E-state index in [2.05, 4.69) is 0 Å². The second kappa shape index (κ2) is 5.02. The summed E-state index contributed by atoms with van der Waals surface area (Å²) in [6.45, 7) is 1.87. The summed E-state index contributed by atoms with van der Waals surface area (Å²) in [6, 6.07) is 11.0. The highest BCUT2D eigenvalue weighted by molar-refractivity contribution is 5.79. The van der Waals surface area contributed by atoms with Crippen LogP contribution in [0.5, 0.6) is 0 Å². The molecule has 0 amide bonds. The van der Waals surface area contributed by atoms with Crippen molar-refractivity contribution in [2.75, 3.05) is 0 Å². The lowest BCUT2D eigenvalue weighted by atomic mass is 10.1. The van der Waals surface area contributed by atoms with Crippen molar-refractivity contribution < 1.29 is 17.6 Å². The molecule has 3 aromatic rings. The van der Waals surface area contributed by atoms with Gasteiger partial charge in [0.2, 0.25) is 0 Å². The van der Waals surface area contributed by atoms with Gasteiger partial charge in [-0.25, -0.2) is 0 Å². The van der Waals surface area contributed by atoms with Crippen LogP contribution in [0.25, 0.3) is 22.3 Å². The zero-order chi connectivity index (χ0) is 15.9. The molecule has 1 aromatic heterocycles. The lowest BCUT2D eigenvalue weighted by Crippen LogP contribution is -2.04. The van der Waals surface area contributed by atoms with Gasteiger partial charge in [0.1, 0.15) is 11.3 Å². The standard InChI is InChI=1S/C17H11F3O2/c1-10-2-7-13-14(21)9-15(22-16(13)8-10)11-3-5-12(6-4-11)17(18,19)20/h2-9H,1H3. The Labute approximate surface area is 123 Å². The Morgan fingerprint density at radius 3 is 2.27 bits per heavy atom. The van der Waals surface area contributed by atoms with Gasteiger partial charge in [0, 0.05) is 11.6 Å². The van der Waals surface area contributed by atoms with E-state index < -0.39 is 11.7 Å². The van der Waals surface area contributed by atoms with Gasteiger partial charge in [0.05, 0.1) is 10.9 Å². The molecule has 0 bridgehead atoms. The largest absolute Gasteiger partial charge is 0.456 e. The highest BCUT2D eigenvalue weighted by Gasteiger charge is 2.30. The predicted molar refractivity (Wildman–Crippen MR) is 77.7 cm³/mol. The van der Waals surface area contributed by atoms with E-state index >= 15 is 0 Å². The van der Waals surface area contributed by atoms with Gasteiger partial charge in [-0.05, 0) is 36.8 Å². The highest BCUT2D eigenvalue weighted by Crippen LogP contribution is 2.31. The summed E-state index contributed by atoms with van der Waals surface area (Å²) in [5, 5.41) is 0.446. The van der Waals surface area contributed by atoms with Gasteiger partial charge in [-0.15, -0.1) is 0 Å².